The molecule has 0 saturated carbocycles. The Kier molecular flexibility index (Phi) is 3.37. The van der Waals surface area contributed by atoms with Crippen LogP contribution in [0.4, 0.5) is 0 Å². The normalized spacial score (nSPS) is 12.1. The molecule has 82 valence electrons. The SMILES string of the molecule is C[C@H](NC(=O)c1cccs1)c1ccccc1. The Morgan fingerprint density at radius 3 is 2.56 bits per heavy atom. The molecule has 16 heavy (non-hydrogen) atoms. The second kappa shape index (κ2) is 4.94. The summed E-state index contributed by atoms with van der Waals surface area (Å²) in [4.78, 5) is 12.5. The van der Waals surface area contributed by atoms with Crippen molar-refractivity contribution in [2.45, 2.75) is 13.0 Å². The van der Waals surface area contributed by atoms with Crippen LogP contribution in [-0.2, 0) is 0 Å². The van der Waals surface area contributed by atoms with Gasteiger partial charge in [0.15, 0.2) is 0 Å². The van der Waals surface area contributed by atoms with Crippen LogP contribution in [0.3, 0.4) is 0 Å². The number of hydrogen-bond donors (Lipinski definition) is 1. The van der Waals surface area contributed by atoms with Crippen LogP contribution in [0, 0.1) is 0 Å². The number of thiophene rings is 1. The number of amides is 1. The van der Waals surface area contributed by atoms with E-state index in [9.17, 15) is 4.79 Å². The molecular weight excluding hydrogens is 218 g/mol. The van der Waals surface area contributed by atoms with Crippen LogP contribution in [-0.4, -0.2) is 5.91 Å². The lowest BCUT2D eigenvalue weighted by Gasteiger charge is -2.13. The molecule has 0 spiro atoms. The molecular formula is C13H13NOS. The van der Waals surface area contributed by atoms with E-state index in [2.05, 4.69) is 5.32 Å². The van der Waals surface area contributed by atoms with E-state index in [4.69, 9.17) is 0 Å². The van der Waals surface area contributed by atoms with E-state index >= 15 is 0 Å². The van der Waals surface area contributed by atoms with Gasteiger partial charge in [-0.15, -0.1) is 11.3 Å². The Hall–Kier alpha value is -1.61. The smallest absolute Gasteiger partial charge is 0.261 e. The van der Waals surface area contributed by atoms with Crippen LogP contribution in [0.2, 0.25) is 0 Å². The molecule has 0 saturated heterocycles. The summed E-state index contributed by atoms with van der Waals surface area (Å²) >= 11 is 1.46. The average molecular weight is 231 g/mol. The average Bonchev–Trinajstić information content (AvgIpc) is 2.83. The van der Waals surface area contributed by atoms with E-state index in [0.29, 0.717) is 0 Å². The summed E-state index contributed by atoms with van der Waals surface area (Å²) in [7, 11) is 0. The summed E-state index contributed by atoms with van der Waals surface area (Å²) in [6, 6.07) is 13.7. The number of carbonyl (C=O) groups excluding carboxylic acids is 1. The number of nitrogens with one attached hydrogen (secondary N) is 1. The van der Waals surface area contributed by atoms with Gasteiger partial charge in [-0.3, -0.25) is 4.79 Å². The molecule has 1 amide bonds. The van der Waals surface area contributed by atoms with Crippen molar-refractivity contribution >= 4 is 17.2 Å². The second-order valence-corrected chi connectivity index (χ2v) is 4.53. The van der Waals surface area contributed by atoms with E-state index in [1.54, 1.807) is 0 Å². The molecule has 2 aromatic rings. The van der Waals surface area contributed by atoms with Gasteiger partial charge in [0.2, 0.25) is 0 Å². The molecule has 1 heterocycles. The monoisotopic (exact) mass is 231 g/mol. The zero-order valence-electron chi connectivity index (χ0n) is 9.01. The molecule has 0 aliphatic heterocycles. The van der Waals surface area contributed by atoms with Crippen molar-refractivity contribution in [2.24, 2.45) is 0 Å². The summed E-state index contributed by atoms with van der Waals surface area (Å²) in [6.45, 7) is 1.99. The molecule has 0 radical (unpaired) electrons. The van der Waals surface area contributed by atoms with Crippen molar-refractivity contribution in [1.82, 2.24) is 5.32 Å². The maximum Gasteiger partial charge on any atom is 0.261 e. The largest absolute Gasteiger partial charge is 0.345 e. The van der Waals surface area contributed by atoms with Gasteiger partial charge < -0.3 is 5.32 Å². The van der Waals surface area contributed by atoms with Gasteiger partial charge in [-0.1, -0.05) is 36.4 Å². The van der Waals surface area contributed by atoms with Gasteiger partial charge in [0, 0.05) is 0 Å². The van der Waals surface area contributed by atoms with Crippen LogP contribution in [0.5, 0.6) is 0 Å². The molecule has 1 atom stereocenters. The first-order valence-corrected chi connectivity index (χ1v) is 6.04. The molecule has 3 heteroatoms. The second-order valence-electron chi connectivity index (χ2n) is 3.58. The molecule has 0 aliphatic carbocycles. The molecule has 1 N–H and O–H groups in total. The maximum atomic E-state index is 11.8. The zero-order valence-corrected chi connectivity index (χ0v) is 9.83. The highest BCUT2D eigenvalue weighted by Gasteiger charge is 2.11. The van der Waals surface area contributed by atoms with Crippen LogP contribution in [0.25, 0.3) is 0 Å². The molecule has 0 fully saturated rings. The zero-order chi connectivity index (χ0) is 11.4. The van der Waals surface area contributed by atoms with Crippen LogP contribution in [0.15, 0.2) is 47.8 Å². The fourth-order valence-corrected chi connectivity index (χ4v) is 2.13. The molecule has 2 rings (SSSR count). The van der Waals surface area contributed by atoms with Crippen LogP contribution >= 0.6 is 11.3 Å². The van der Waals surface area contributed by atoms with E-state index < -0.39 is 0 Å². The predicted octanol–water partition coefficient (Wildman–Crippen LogP) is 3.24. The minimum atomic E-state index is -0.00801. The third-order valence-corrected chi connectivity index (χ3v) is 3.26. The van der Waals surface area contributed by atoms with Gasteiger partial charge in [-0.05, 0) is 23.9 Å². The highest BCUT2D eigenvalue weighted by Crippen LogP contribution is 2.14. The first-order valence-electron chi connectivity index (χ1n) is 5.16. The predicted molar refractivity (Wildman–Crippen MR) is 66.6 cm³/mol. The third-order valence-electron chi connectivity index (χ3n) is 2.39. The molecule has 0 bridgehead atoms. The van der Waals surface area contributed by atoms with Crippen molar-refractivity contribution in [3.8, 4) is 0 Å². The molecule has 0 aliphatic rings. The van der Waals surface area contributed by atoms with E-state index in [-0.39, 0.29) is 11.9 Å². The first kappa shape index (κ1) is 10.9. The maximum absolute atomic E-state index is 11.8. The fraction of sp³-hybridized carbons (Fsp3) is 0.154. The van der Waals surface area contributed by atoms with Crippen LogP contribution < -0.4 is 5.32 Å². The standard InChI is InChI=1S/C13H13NOS/c1-10(11-6-3-2-4-7-11)14-13(15)12-8-5-9-16-12/h2-10H,1H3,(H,14,15)/t10-/m0/s1. The van der Waals surface area contributed by atoms with Gasteiger partial charge in [0.1, 0.15) is 0 Å². The van der Waals surface area contributed by atoms with Gasteiger partial charge in [0.05, 0.1) is 10.9 Å². The fourth-order valence-electron chi connectivity index (χ4n) is 1.50. The summed E-state index contributed by atoms with van der Waals surface area (Å²) in [5, 5.41) is 4.87. The highest BCUT2D eigenvalue weighted by atomic mass is 32.1. The Bertz CT molecular complexity index is 450. The molecule has 1 aromatic carbocycles. The summed E-state index contributed by atoms with van der Waals surface area (Å²) in [5.74, 6) is -0.00801. The minimum Gasteiger partial charge on any atom is -0.345 e. The summed E-state index contributed by atoms with van der Waals surface area (Å²) < 4.78 is 0. The van der Waals surface area contributed by atoms with Crippen molar-refractivity contribution in [1.29, 1.82) is 0 Å². The lowest BCUT2D eigenvalue weighted by atomic mass is 10.1. The number of rotatable bonds is 3. The van der Waals surface area contributed by atoms with E-state index in [1.165, 1.54) is 11.3 Å². The minimum absolute atomic E-state index is 0.00801. The Morgan fingerprint density at radius 1 is 1.19 bits per heavy atom. The number of benzene rings is 1. The number of hydrogen-bond acceptors (Lipinski definition) is 2. The van der Waals surface area contributed by atoms with Gasteiger partial charge in [-0.25, -0.2) is 0 Å². The third kappa shape index (κ3) is 2.49. The lowest BCUT2D eigenvalue weighted by molar-refractivity contribution is 0.0944. The lowest BCUT2D eigenvalue weighted by Crippen LogP contribution is -2.25. The van der Waals surface area contributed by atoms with Crippen LogP contribution in [0.1, 0.15) is 28.2 Å². The highest BCUT2D eigenvalue weighted by molar-refractivity contribution is 7.12. The molecule has 2 nitrogen and oxygen atoms in total. The Balaban J connectivity index is 2.03. The quantitative estimate of drug-likeness (QED) is 0.863. The molecule has 0 unspecified atom stereocenters. The van der Waals surface area contributed by atoms with Gasteiger partial charge >= 0.3 is 0 Å². The van der Waals surface area contributed by atoms with Crippen molar-refractivity contribution in [2.75, 3.05) is 0 Å². The van der Waals surface area contributed by atoms with Gasteiger partial charge in [0.25, 0.3) is 5.91 Å². The van der Waals surface area contributed by atoms with Gasteiger partial charge in [-0.2, -0.15) is 0 Å². The van der Waals surface area contributed by atoms with Crippen molar-refractivity contribution in [3.05, 3.63) is 58.3 Å². The Morgan fingerprint density at radius 2 is 1.94 bits per heavy atom. The summed E-state index contributed by atoms with van der Waals surface area (Å²) in [6.07, 6.45) is 0. The first-order chi connectivity index (χ1) is 7.77. The Labute approximate surface area is 98.9 Å². The summed E-state index contributed by atoms with van der Waals surface area (Å²) in [5.41, 5.74) is 1.12. The topological polar surface area (TPSA) is 29.1 Å². The van der Waals surface area contributed by atoms with Crippen molar-refractivity contribution < 1.29 is 4.79 Å². The van der Waals surface area contributed by atoms with E-state index in [0.717, 1.165) is 10.4 Å². The number of carbonyl (C=O) groups is 1. The molecule has 1 aromatic heterocycles. The van der Waals surface area contributed by atoms with E-state index in [1.807, 2.05) is 54.8 Å². The van der Waals surface area contributed by atoms with Crippen molar-refractivity contribution in [3.63, 3.8) is 0 Å².